The molecule has 122 valence electrons. The quantitative estimate of drug-likeness (QED) is 0.586. The number of aromatic amines is 1. The molecule has 0 amide bonds. The van der Waals surface area contributed by atoms with Crippen LogP contribution in [0.1, 0.15) is 0 Å². The Bertz CT molecular complexity index is 1110. The van der Waals surface area contributed by atoms with E-state index in [1.54, 1.807) is 47.7 Å². The van der Waals surface area contributed by atoms with Crippen LogP contribution in [0.15, 0.2) is 52.3 Å². The second-order valence-electron chi connectivity index (χ2n) is 5.23. The first kappa shape index (κ1) is 14.9. The minimum Gasteiger partial charge on any atom is -0.350 e. The van der Waals surface area contributed by atoms with Crippen LogP contribution in [0, 0.1) is 0 Å². The monoisotopic (exact) mass is 359 g/mol. The van der Waals surface area contributed by atoms with E-state index in [9.17, 15) is 8.42 Å². The van der Waals surface area contributed by atoms with Gasteiger partial charge in [-0.2, -0.15) is 0 Å². The second-order valence-corrected chi connectivity index (χ2v) is 8.09. The number of thiophene rings is 1. The molecule has 1 aromatic carbocycles. The Morgan fingerprint density at radius 2 is 2.12 bits per heavy atom. The summed E-state index contributed by atoms with van der Waals surface area (Å²) in [4.78, 5) is 7.41. The van der Waals surface area contributed by atoms with E-state index >= 15 is 0 Å². The summed E-state index contributed by atoms with van der Waals surface area (Å²) in [5.74, 6) is 0.556. The topological polar surface area (TPSA) is 92.7 Å². The molecule has 0 radical (unpaired) electrons. The lowest BCUT2D eigenvalue weighted by molar-refractivity contribution is 0.603. The number of hydrogen-bond acceptors (Lipinski definition) is 5. The van der Waals surface area contributed by atoms with Crippen molar-refractivity contribution in [2.75, 3.05) is 4.72 Å². The van der Waals surface area contributed by atoms with Crippen LogP contribution in [0.25, 0.3) is 22.4 Å². The van der Waals surface area contributed by atoms with Crippen molar-refractivity contribution in [1.82, 2.24) is 19.7 Å². The normalized spacial score (nSPS) is 11.9. The number of para-hydroxylation sites is 1. The standard InChI is InChI=1S/C15H13N5O2S2/c1-20-9-16-15(18-20)12-8-10-4-2-5-11(14(10)17-12)19-24(21,22)13-6-3-7-23-13/h2-9,17,19H,1H3. The number of aryl methyl sites for hydroxylation is 1. The Morgan fingerprint density at radius 1 is 1.25 bits per heavy atom. The number of anilines is 1. The van der Waals surface area contributed by atoms with Gasteiger partial charge < -0.3 is 4.98 Å². The number of nitrogens with one attached hydrogen (secondary N) is 2. The lowest BCUT2D eigenvalue weighted by Crippen LogP contribution is -2.11. The summed E-state index contributed by atoms with van der Waals surface area (Å²) in [7, 11) is -1.81. The fourth-order valence-corrected chi connectivity index (χ4v) is 4.50. The highest BCUT2D eigenvalue weighted by Crippen LogP contribution is 2.29. The summed E-state index contributed by atoms with van der Waals surface area (Å²) in [6, 6.07) is 10.6. The Labute approximate surface area is 142 Å². The Kier molecular flexibility index (Phi) is 3.39. The summed E-state index contributed by atoms with van der Waals surface area (Å²) < 4.78 is 29.4. The van der Waals surface area contributed by atoms with E-state index in [1.807, 2.05) is 12.1 Å². The fraction of sp³-hybridized carbons (Fsp3) is 0.0667. The van der Waals surface area contributed by atoms with Crippen LogP contribution in [0.3, 0.4) is 0 Å². The minimum atomic E-state index is -3.60. The molecule has 3 heterocycles. The number of hydrogen-bond donors (Lipinski definition) is 2. The third-order valence-electron chi connectivity index (χ3n) is 3.50. The summed E-state index contributed by atoms with van der Waals surface area (Å²) >= 11 is 1.18. The number of rotatable bonds is 4. The number of benzene rings is 1. The van der Waals surface area contributed by atoms with E-state index < -0.39 is 10.0 Å². The predicted octanol–water partition coefficient (Wildman–Crippen LogP) is 2.83. The Hall–Kier alpha value is -2.65. The molecule has 0 aliphatic heterocycles. The molecular weight excluding hydrogens is 346 g/mol. The zero-order valence-electron chi connectivity index (χ0n) is 12.6. The van der Waals surface area contributed by atoms with Gasteiger partial charge in [-0.25, -0.2) is 13.4 Å². The molecule has 0 unspecified atom stereocenters. The number of aromatic nitrogens is 4. The number of sulfonamides is 1. The molecule has 9 heteroatoms. The summed E-state index contributed by atoms with van der Waals surface area (Å²) in [6.07, 6.45) is 1.61. The fourth-order valence-electron chi connectivity index (χ4n) is 2.44. The van der Waals surface area contributed by atoms with Crippen molar-refractivity contribution < 1.29 is 8.42 Å². The smallest absolute Gasteiger partial charge is 0.271 e. The molecule has 3 aromatic heterocycles. The first-order chi connectivity index (χ1) is 11.5. The van der Waals surface area contributed by atoms with Crippen LogP contribution >= 0.6 is 11.3 Å². The molecule has 4 aromatic rings. The van der Waals surface area contributed by atoms with Crippen LogP contribution in [-0.2, 0) is 17.1 Å². The molecule has 2 N–H and O–H groups in total. The lowest BCUT2D eigenvalue weighted by Gasteiger charge is -2.07. The average Bonchev–Trinajstić information content (AvgIpc) is 3.27. The zero-order chi connectivity index (χ0) is 16.7. The van der Waals surface area contributed by atoms with Crippen LogP contribution in [0.4, 0.5) is 5.69 Å². The SMILES string of the molecule is Cn1cnc(-c2cc3cccc(NS(=O)(=O)c4cccs4)c3[nH]2)n1. The molecular formula is C15H13N5O2S2. The van der Waals surface area contributed by atoms with Crippen LogP contribution in [0.5, 0.6) is 0 Å². The van der Waals surface area contributed by atoms with Gasteiger partial charge in [0, 0.05) is 12.4 Å². The molecule has 0 saturated carbocycles. The molecule has 0 aliphatic carbocycles. The van der Waals surface area contributed by atoms with E-state index in [4.69, 9.17) is 0 Å². The second kappa shape index (κ2) is 5.46. The lowest BCUT2D eigenvalue weighted by atomic mass is 10.2. The molecule has 0 fully saturated rings. The highest BCUT2D eigenvalue weighted by Gasteiger charge is 2.17. The van der Waals surface area contributed by atoms with E-state index in [1.165, 1.54) is 11.3 Å². The number of H-pyrrole nitrogens is 1. The van der Waals surface area contributed by atoms with Gasteiger partial charge in [0.25, 0.3) is 10.0 Å². The van der Waals surface area contributed by atoms with Crippen molar-refractivity contribution in [1.29, 1.82) is 0 Å². The Morgan fingerprint density at radius 3 is 2.83 bits per heavy atom. The van der Waals surface area contributed by atoms with E-state index in [0.29, 0.717) is 17.0 Å². The van der Waals surface area contributed by atoms with Crippen LogP contribution in [-0.4, -0.2) is 28.2 Å². The molecule has 0 aliphatic rings. The van der Waals surface area contributed by atoms with Gasteiger partial charge >= 0.3 is 0 Å². The van der Waals surface area contributed by atoms with E-state index in [0.717, 1.165) is 11.1 Å². The van der Waals surface area contributed by atoms with Crippen LogP contribution < -0.4 is 4.72 Å². The van der Waals surface area contributed by atoms with Crippen molar-refractivity contribution in [3.8, 4) is 11.5 Å². The highest BCUT2D eigenvalue weighted by molar-refractivity contribution is 7.94. The van der Waals surface area contributed by atoms with Crippen molar-refractivity contribution in [3.63, 3.8) is 0 Å². The molecule has 4 rings (SSSR count). The largest absolute Gasteiger partial charge is 0.350 e. The van der Waals surface area contributed by atoms with Gasteiger partial charge in [0.15, 0.2) is 5.82 Å². The van der Waals surface area contributed by atoms with Crippen molar-refractivity contribution >= 4 is 38.0 Å². The van der Waals surface area contributed by atoms with E-state index in [-0.39, 0.29) is 4.21 Å². The summed E-state index contributed by atoms with van der Waals surface area (Å²) in [5.41, 5.74) is 1.91. The average molecular weight is 359 g/mol. The number of nitrogens with zero attached hydrogens (tertiary/aromatic N) is 3. The third-order valence-corrected chi connectivity index (χ3v) is 6.26. The first-order valence-corrected chi connectivity index (χ1v) is 9.43. The molecule has 0 atom stereocenters. The van der Waals surface area contributed by atoms with Crippen molar-refractivity contribution in [2.45, 2.75) is 4.21 Å². The van der Waals surface area contributed by atoms with Gasteiger partial charge in [-0.05, 0) is 23.6 Å². The van der Waals surface area contributed by atoms with Gasteiger partial charge in [0.1, 0.15) is 10.5 Å². The Balaban J connectivity index is 1.78. The van der Waals surface area contributed by atoms with Gasteiger partial charge in [-0.15, -0.1) is 16.4 Å². The van der Waals surface area contributed by atoms with Gasteiger partial charge in [-0.1, -0.05) is 18.2 Å². The summed E-state index contributed by atoms with van der Waals surface area (Å²) in [5, 5.41) is 6.87. The highest BCUT2D eigenvalue weighted by atomic mass is 32.2. The number of fused-ring (bicyclic) bond motifs is 1. The summed E-state index contributed by atoms with van der Waals surface area (Å²) in [6.45, 7) is 0. The predicted molar refractivity (Wildman–Crippen MR) is 93.4 cm³/mol. The maximum atomic E-state index is 12.4. The van der Waals surface area contributed by atoms with E-state index in [2.05, 4.69) is 19.8 Å². The first-order valence-electron chi connectivity index (χ1n) is 7.07. The third kappa shape index (κ3) is 2.57. The zero-order valence-corrected chi connectivity index (χ0v) is 14.2. The molecule has 24 heavy (non-hydrogen) atoms. The van der Waals surface area contributed by atoms with Crippen molar-refractivity contribution in [3.05, 3.63) is 48.1 Å². The molecule has 0 spiro atoms. The molecule has 0 bridgehead atoms. The van der Waals surface area contributed by atoms with Crippen molar-refractivity contribution in [2.24, 2.45) is 7.05 Å². The maximum Gasteiger partial charge on any atom is 0.271 e. The molecule has 0 saturated heterocycles. The van der Waals surface area contributed by atoms with Crippen LogP contribution in [0.2, 0.25) is 0 Å². The van der Waals surface area contributed by atoms with Gasteiger partial charge in [0.2, 0.25) is 0 Å². The maximum absolute atomic E-state index is 12.4. The van der Waals surface area contributed by atoms with Gasteiger partial charge in [0.05, 0.1) is 16.9 Å². The minimum absolute atomic E-state index is 0.276. The van der Waals surface area contributed by atoms with Gasteiger partial charge in [-0.3, -0.25) is 9.40 Å². The molecule has 7 nitrogen and oxygen atoms in total.